The Kier molecular flexibility index (Phi) is 4.95. The van der Waals surface area contributed by atoms with Crippen molar-refractivity contribution < 1.29 is 19.1 Å². The van der Waals surface area contributed by atoms with Crippen LogP contribution in [0, 0.1) is 0 Å². The van der Waals surface area contributed by atoms with Gasteiger partial charge >= 0.3 is 118 Å². The van der Waals surface area contributed by atoms with Crippen LogP contribution in [0.4, 0.5) is 4.79 Å². The zero-order chi connectivity index (χ0) is 14.7. The van der Waals surface area contributed by atoms with Gasteiger partial charge in [0.1, 0.15) is 0 Å². The Labute approximate surface area is 118 Å². The fraction of sp³-hybridized carbons (Fsp3) is 0.727. The first kappa shape index (κ1) is 15.9. The SMILES string of the molecule is COC(=O)[C@H]1[Se]C=N[C@@]1(C)NNC(=O)OC(C)(C)C. The molecule has 1 aliphatic rings. The topological polar surface area (TPSA) is 89.0 Å². The van der Waals surface area contributed by atoms with E-state index in [0.717, 1.165) is 0 Å². The van der Waals surface area contributed by atoms with Gasteiger partial charge in [0, 0.05) is 0 Å². The number of amides is 1. The average molecular weight is 336 g/mol. The molecule has 0 fully saturated rings. The average Bonchev–Trinajstić information content (AvgIpc) is 2.66. The van der Waals surface area contributed by atoms with Crippen molar-refractivity contribution in [2.75, 3.05) is 7.11 Å². The van der Waals surface area contributed by atoms with E-state index in [1.807, 2.05) is 0 Å². The molecule has 0 unspecified atom stereocenters. The van der Waals surface area contributed by atoms with Crippen LogP contribution in [0.15, 0.2) is 4.99 Å². The van der Waals surface area contributed by atoms with Gasteiger partial charge in [-0.25, -0.2) is 0 Å². The zero-order valence-electron chi connectivity index (χ0n) is 11.6. The molecular formula is C11H19N3O4Se. The molecule has 0 aromatic rings. The molecule has 2 atom stereocenters. The Morgan fingerprint density at radius 1 is 1.42 bits per heavy atom. The molecule has 0 radical (unpaired) electrons. The van der Waals surface area contributed by atoms with Gasteiger partial charge in [-0.2, -0.15) is 0 Å². The Bertz CT molecular complexity index is 394. The van der Waals surface area contributed by atoms with E-state index < -0.39 is 22.2 Å². The van der Waals surface area contributed by atoms with Crippen molar-refractivity contribution in [1.82, 2.24) is 10.9 Å². The maximum atomic E-state index is 11.6. The number of methoxy groups -OCH3 is 1. The molecule has 19 heavy (non-hydrogen) atoms. The van der Waals surface area contributed by atoms with Crippen molar-refractivity contribution in [3.63, 3.8) is 0 Å². The molecule has 8 heteroatoms. The number of carbonyl (C=O) groups is 2. The number of nitrogens with one attached hydrogen (secondary N) is 2. The van der Waals surface area contributed by atoms with Crippen LogP contribution in [-0.4, -0.2) is 50.5 Å². The van der Waals surface area contributed by atoms with Crippen LogP contribution in [-0.2, 0) is 14.3 Å². The van der Waals surface area contributed by atoms with Crippen LogP contribution in [0.1, 0.15) is 27.7 Å². The quantitative estimate of drug-likeness (QED) is 0.443. The Balaban J connectivity index is 2.57. The molecule has 0 spiro atoms. The molecule has 0 aliphatic carbocycles. The molecule has 1 heterocycles. The molecule has 0 bridgehead atoms. The number of hydrazine groups is 1. The zero-order valence-corrected chi connectivity index (χ0v) is 13.4. The van der Waals surface area contributed by atoms with Crippen LogP contribution in [0.25, 0.3) is 0 Å². The Morgan fingerprint density at radius 3 is 2.58 bits per heavy atom. The Hall–Kier alpha value is -1.11. The summed E-state index contributed by atoms with van der Waals surface area (Å²) in [6.45, 7) is 7.02. The summed E-state index contributed by atoms with van der Waals surface area (Å²) in [6.07, 6.45) is -0.619. The van der Waals surface area contributed by atoms with E-state index in [1.54, 1.807) is 32.8 Å². The van der Waals surface area contributed by atoms with Crippen molar-refractivity contribution in [2.45, 2.75) is 43.8 Å². The summed E-state index contributed by atoms with van der Waals surface area (Å²) in [5, 5.41) is 1.69. The summed E-state index contributed by atoms with van der Waals surface area (Å²) in [4.78, 5) is 27.0. The van der Waals surface area contributed by atoms with Crippen LogP contribution in [0.2, 0.25) is 4.82 Å². The molecule has 108 valence electrons. The van der Waals surface area contributed by atoms with Crippen molar-refractivity contribution in [3.8, 4) is 0 Å². The summed E-state index contributed by atoms with van der Waals surface area (Å²) < 4.78 is 9.82. The molecule has 0 saturated carbocycles. The second kappa shape index (κ2) is 5.90. The van der Waals surface area contributed by atoms with E-state index in [1.165, 1.54) is 7.11 Å². The summed E-state index contributed by atoms with van der Waals surface area (Å²) in [6, 6.07) is 0. The van der Waals surface area contributed by atoms with E-state index >= 15 is 0 Å². The molecule has 0 saturated heterocycles. The first-order valence-electron chi connectivity index (χ1n) is 5.71. The summed E-state index contributed by atoms with van der Waals surface area (Å²) in [7, 11) is 1.33. The monoisotopic (exact) mass is 337 g/mol. The standard InChI is InChI=1S/C11H19N3O4Se/c1-10(2,3)18-9(16)13-14-11(4)7(8(15)17-5)19-6-12-11/h6-7,14H,1-5H3,(H,13,16)/t7-,11+/m1/s1. The van der Waals surface area contributed by atoms with Gasteiger partial charge in [0.15, 0.2) is 0 Å². The fourth-order valence-electron chi connectivity index (χ4n) is 1.37. The normalized spacial score (nSPS) is 26.1. The Morgan fingerprint density at radius 2 is 2.05 bits per heavy atom. The predicted octanol–water partition coefficient (Wildman–Crippen LogP) is 0.439. The molecule has 2 N–H and O–H groups in total. The molecule has 0 aromatic carbocycles. The summed E-state index contributed by atoms with van der Waals surface area (Å²) in [5.74, 6) is -0.349. The molecule has 0 aromatic heterocycles. The van der Waals surface area contributed by atoms with Gasteiger partial charge in [0.2, 0.25) is 0 Å². The van der Waals surface area contributed by atoms with Crippen molar-refractivity contribution in [3.05, 3.63) is 0 Å². The number of rotatable bonds is 3. The van der Waals surface area contributed by atoms with Gasteiger partial charge < -0.3 is 0 Å². The minimum atomic E-state index is -0.899. The number of ether oxygens (including phenoxy) is 2. The first-order chi connectivity index (χ1) is 8.68. The van der Waals surface area contributed by atoms with Crippen molar-refractivity contribution >= 4 is 32.1 Å². The third-order valence-electron chi connectivity index (χ3n) is 2.26. The second-order valence-electron chi connectivity index (χ2n) is 5.17. The number of aliphatic imine (C=N–C) groups is 1. The van der Waals surface area contributed by atoms with Gasteiger partial charge in [-0.1, -0.05) is 0 Å². The third kappa shape index (κ3) is 4.49. The van der Waals surface area contributed by atoms with Crippen molar-refractivity contribution in [1.29, 1.82) is 0 Å². The van der Waals surface area contributed by atoms with Crippen LogP contribution in [0.5, 0.6) is 0 Å². The van der Waals surface area contributed by atoms with Gasteiger partial charge in [-0.15, -0.1) is 0 Å². The van der Waals surface area contributed by atoms with E-state index in [9.17, 15) is 9.59 Å². The van der Waals surface area contributed by atoms with Crippen LogP contribution >= 0.6 is 0 Å². The van der Waals surface area contributed by atoms with E-state index in [4.69, 9.17) is 9.47 Å². The molecule has 1 rings (SSSR count). The fourth-order valence-corrected chi connectivity index (χ4v) is 3.46. The maximum absolute atomic E-state index is 11.6. The van der Waals surface area contributed by atoms with Gasteiger partial charge in [0.25, 0.3) is 0 Å². The summed E-state index contributed by atoms with van der Waals surface area (Å²) >= 11 is -0.107. The van der Waals surface area contributed by atoms with Crippen LogP contribution in [0.3, 0.4) is 0 Å². The van der Waals surface area contributed by atoms with Crippen LogP contribution < -0.4 is 10.9 Å². The first-order valence-corrected chi connectivity index (χ1v) is 7.69. The van der Waals surface area contributed by atoms with E-state index in [2.05, 4.69) is 15.8 Å². The van der Waals surface area contributed by atoms with Gasteiger partial charge in [-0.05, 0) is 0 Å². The molecule has 7 nitrogen and oxygen atoms in total. The van der Waals surface area contributed by atoms with E-state index in [0.29, 0.717) is 0 Å². The molecule has 1 amide bonds. The van der Waals surface area contributed by atoms with E-state index in [-0.39, 0.29) is 20.9 Å². The number of esters is 1. The predicted molar refractivity (Wildman–Crippen MR) is 70.9 cm³/mol. The number of hydrogen-bond donors (Lipinski definition) is 2. The number of carbonyl (C=O) groups excluding carboxylic acids is 2. The third-order valence-corrected chi connectivity index (χ3v) is 4.67. The number of nitrogens with zero attached hydrogens (tertiary/aromatic N) is 1. The summed E-state index contributed by atoms with van der Waals surface area (Å²) in [5.41, 5.74) is 3.66. The second-order valence-corrected chi connectivity index (χ2v) is 7.18. The molecular weight excluding hydrogens is 317 g/mol. The molecule has 1 aliphatic heterocycles. The van der Waals surface area contributed by atoms with Gasteiger partial charge in [0.05, 0.1) is 0 Å². The minimum absolute atomic E-state index is 0.107. The number of hydrogen-bond acceptors (Lipinski definition) is 6. The van der Waals surface area contributed by atoms with Gasteiger partial charge in [-0.3, -0.25) is 0 Å². The van der Waals surface area contributed by atoms with Crippen molar-refractivity contribution in [2.24, 2.45) is 4.99 Å².